The molecule has 2 aromatic rings. The molecule has 6 heteroatoms. The Bertz CT molecular complexity index is 703. The number of nitrogens with one attached hydrogen (secondary N) is 2. The van der Waals surface area contributed by atoms with Crippen molar-refractivity contribution in [3.63, 3.8) is 0 Å². The lowest BCUT2D eigenvalue weighted by molar-refractivity contribution is -0.136. The Morgan fingerprint density at radius 2 is 2.00 bits per heavy atom. The van der Waals surface area contributed by atoms with Crippen LogP contribution in [0.4, 0.5) is 5.69 Å². The molecule has 0 unspecified atom stereocenters. The van der Waals surface area contributed by atoms with Crippen LogP contribution in [0.25, 0.3) is 0 Å². The lowest BCUT2D eigenvalue weighted by atomic mass is 10.1. The number of aliphatic carboxylic acids is 1. The van der Waals surface area contributed by atoms with Crippen molar-refractivity contribution in [1.29, 1.82) is 0 Å². The molecule has 2 rings (SSSR count). The predicted molar refractivity (Wildman–Crippen MR) is 76.5 cm³/mol. The molecule has 0 atom stereocenters. The molecule has 0 fully saturated rings. The summed E-state index contributed by atoms with van der Waals surface area (Å²) in [5, 5.41) is 11.4. The van der Waals surface area contributed by atoms with Crippen LogP contribution in [0.3, 0.4) is 0 Å². The molecular weight excluding hydrogens is 272 g/mol. The number of H-pyrrole nitrogens is 1. The second kappa shape index (κ2) is 6.04. The lowest BCUT2D eigenvalue weighted by Crippen LogP contribution is -2.12. The Balaban J connectivity index is 2.11. The Hall–Kier alpha value is -2.89. The summed E-state index contributed by atoms with van der Waals surface area (Å²) in [4.78, 5) is 36.6. The van der Waals surface area contributed by atoms with Crippen molar-refractivity contribution in [1.82, 2.24) is 4.98 Å². The number of aromatic amines is 1. The molecule has 0 aliphatic heterocycles. The van der Waals surface area contributed by atoms with Gasteiger partial charge in [0.15, 0.2) is 5.78 Å². The number of carboxylic acid groups (broad SMARTS) is 1. The molecule has 1 aromatic carbocycles. The summed E-state index contributed by atoms with van der Waals surface area (Å²) >= 11 is 0. The van der Waals surface area contributed by atoms with Gasteiger partial charge in [-0.25, -0.2) is 0 Å². The van der Waals surface area contributed by atoms with E-state index in [9.17, 15) is 14.4 Å². The van der Waals surface area contributed by atoms with Crippen LogP contribution in [0, 0.1) is 0 Å². The molecule has 0 aliphatic carbocycles. The highest BCUT2D eigenvalue weighted by atomic mass is 16.4. The molecule has 1 amide bonds. The molecule has 0 radical (unpaired) electrons. The van der Waals surface area contributed by atoms with E-state index in [4.69, 9.17) is 5.11 Å². The Morgan fingerprint density at radius 3 is 2.62 bits per heavy atom. The van der Waals surface area contributed by atoms with Crippen molar-refractivity contribution in [2.75, 3.05) is 5.32 Å². The number of carbonyl (C=O) groups is 3. The normalized spacial score (nSPS) is 10.1. The number of rotatable bonds is 5. The van der Waals surface area contributed by atoms with Crippen LogP contribution in [0.1, 0.15) is 33.3 Å². The van der Waals surface area contributed by atoms with Gasteiger partial charge < -0.3 is 15.4 Å². The first-order valence-electron chi connectivity index (χ1n) is 6.27. The smallest absolute Gasteiger partial charge is 0.307 e. The maximum absolute atomic E-state index is 12.0. The average molecular weight is 286 g/mol. The maximum Gasteiger partial charge on any atom is 0.307 e. The van der Waals surface area contributed by atoms with Gasteiger partial charge >= 0.3 is 5.97 Å². The van der Waals surface area contributed by atoms with Crippen molar-refractivity contribution < 1.29 is 19.5 Å². The topological polar surface area (TPSA) is 99.3 Å². The number of aromatic nitrogens is 1. The molecule has 0 saturated heterocycles. The van der Waals surface area contributed by atoms with E-state index in [1.807, 2.05) is 0 Å². The van der Waals surface area contributed by atoms with Gasteiger partial charge in [0, 0.05) is 17.4 Å². The van der Waals surface area contributed by atoms with E-state index in [0.717, 1.165) is 0 Å². The van der Waals surface area contributed by atoms with Crippen molar-refractivity contribution in [3.8, 4) is 0 Å². The largest absolute Gasteiger partial charge is 0.481 e. The highest BCUT2D eigenvalue weighted by Crippen LogP contribution is 2.13. The number of Topliss-reactive ketones (excluding diaryl/α,β-unsaturated/α-hetero) is 1. The number of hydrogen-bond acceptors (Lipinski definition) is 3. The van der Waals surface area contributed by atoms with Crippen LogP contribution in [0.2, 0.25) is 0 Å². The fourth-order valence-electron chi connectivity index (χ4n) is 1.86. The quantitative estimate of drug-likeness (QED) is 0.733. The number of ketones is 1. The Labute approximate surface area is 120 Å². The van der Waals surface area contributed by atoms with Crippen LogP contribution in [0.5, 0.6) is 0 Å². The van der Waals surface area contributed by atoms with Gasteiger partial charge in [-0.3, -0.25) is 14.4 Å². The SMILES string of the molecule is CC(=O)c1c[nH]c(C(=O)Nc2cccc(CC(=O)O)c2)c1. The van der Waals surface area contributed by atoms with E-state index in [1.54, 1.807) is 24.3 Å². The lowest BCUT2D eigenvalue weighted by Gasteiger charge is -2.05. The number of carbonyl (C=O) groups excluding carboxylic acids is 2. The number of amides is 1. The van der Waals surface area contributed by atoms with Crippen LogP contribution in [-0.4, -0.2) is 27.8 Å². The molecule has 0 aliphatic rings. The molecule has 1 heterocycles. The van der Waals surface area contributed by atoms with Gasteiger partial charge in [-0.1, -0.05) is 12.1 Å². The van der Waals surface area contributed by atoms with E-state index in [2.05, 4.69) is 10.3 Å². The molecule has 108 valence electrons. The van der Waals surface area contributed by atoms with Gasteiger partial charge in [-0.15, -0.1) is 0 Å². The summed E-state index contributed by atoms with van der Waals surface area (Å²) in [6.45, 7) is 1.42. The zero-order chi connectivity index (χ0) is 15.4. The third-order valence-electron chi connectivity index (χ3n) is 2.87. The van der Waals surface area contributed by atoms with E-state index < -0.39 is 11.9 Å². The average Bonchev–Trinajstić information content (AvgIpc) is 2.88. The summed E-state index contributed by atoms with van der Waals surface area (Å²) in [7, 11) is 0. The van der Waals surface area contributed by atoms with E-state index >= 15 is 0 Å². The Kier molecular flexibility index (Phi) is 4.18. The van der Waals surface area contributed by atoms with Gasteiger partial charge in [0.25, 0.3) is 5.91 Å². The minimum Gasteiger partial charge on any atom is -0.481 e. The Morgan fingerprint density at radius 1 is 1.24 bits per heavy atom. The van der Waals surface area contributed by atoms with Crippen LogP contribution >= 0.6 is 0 Å². The van der Waals surface area contributed by atoms with Crippen molar-refractivity contribution in [2.45, 2.75) is 13.3 Å². The molecule has 21 heavy (non-hydrogen) atoms. The fourth-order valence-corrected chi connectivity index (χ4v) is 1.86. The van der Waals surface area contributed by atoms with Crippen molar-refractivity contribution >= 4 is 23.3 Å². The van der Waals surface area contributed by atoms with Gasteiger partial charge in [-0.2, -0.15) is 0 Å². The first-order valence-corrected chi connectivity index (χ1v) is 6.27. The molecule has 0 saturated carbocycles. The van der Waals surface area contributed by atoms with E-state index in [-0.39, 0.29) is 17.9 Å². The van der Waals surface area contributed by atoms with Crippen molar-refractivity contribution in [2.24, 2.45) is 0 Å². The zero-order valence-corrected chi connectivity index (χ0v) is 11.3. The first-order chi connectivity index (χ1) is 9.95. The number of anilines is 1. The molecule has 1 aromatic heterocycles. The molecular formula is C15H14N2O4. The number of hydrogen-bond donors (Lipinski definition) is 3. The maximum atomic E-state index is 12.0. The monoisotopic (exact) mass is 286 g/mol. The third-order valence-corrected chi connectivity index (χ3v) is 2.87. The number of benzene rings is 1. The zero-order valence-electron chi connectivity index (χ0n) is 11.3. The van der Waals surface area contributed by atoms with Crippen LogP contribution in [0.15, 0.2) is 36.5 Å². The first kappa shape index (κ1) is 14.5. The van der Waals surface area contributed by atoms with Crippen LogP contribution < -0.4 is 5.32 Å². The van der Waals surface area contributed by atoms with Crippen LogP contribution in [-0.2, 0) is 11.2 Å². The standard InChI is InChI=1S/C15H14N2O4/c1-9(18)11-7-13(16-8-11)15(21)17-12-4-2-3-10(5-12)6-14(19)20/h2-5,7-8,16H,6H2,1H3,(H,17,21)(H,19,20). The van der Waals surface area contributed by atoms with Crippen molar-refractivity contribution in [3.05, 3.63) is 53.3 Å². The summed E-state index contributed by atoms with van der Waals surface area (Å²) < 4.78 is 0. The summed E-state index contributed by atoms with van der Waals surface area (Å²) in [5.41, 5.74) is 1.79. The molecule has 6 nitrogen and oxygen atoms in total. The predicted octanol–water partition coefficient (Wildman–Crippen LogP) is 2.10. The summed E-state index contributed by atoms with van der Waals surface area (Å²) in [6, 6.07) is 8.08. The second-order valence-electron chi connectivity index (χ2n) is 4.58. The minimum atomic E-state index is -0.936. The van der Waals surface area contributed by atoms with E-state index in [1.165, 1.54) is 19.2 Å². The molecule has 0 spiro atoms. The molecule has 0 bridgehead atoms. The van der Waals surface area contributed by atoms with E-state index in [0.29, 0.717) is 16.8 Å². The third kappa shape index (κ3) is 3.79. The highest BCUT2D eigenvalue weighted by Gasteiger charge is 2.11. The second-order valence-corrected chi connectivity index (χ2v) is 4.58. The summed E-state index contributed by atoms with van der Waals surface area (Å²) in [6.07, 6.45) is 1.36. The highest BCUT2D eigenvalue weighted by molar-refractivity contribution is 6.05. The fraction of sp³-hybridized carbons (Fsp3) is 0.133. The van der Waals surface area contributed by atoms with Gasteiger partial charge in [0.1, 0.15) is 5.69 Å². The minimum absolute atomic E-state index is 0.110. The molecule has 3 N–H and O–H groups in total. The summed E-state index contributed by atoms with van der Waals surface area (Å²) in [5.74, 6) is -1.46. The van der Waals surface area contributed by atoms with Gasteiger partial charge in [-0.05, 0) is 30.7 Å². The van der Waals surface area contributed by atoms with Gasteiger partial charge in [0.05, 0.1) is 6.42 Å². The van der Waals surface area contributed by atoms with Gasteiger partial charge in [0.2, 0.25) is 0 Å². The number of carboxylic acids is 1.